The van der Waals surface area contributed by atoms with Crippen LogP contribution in [-0.2, 0) is 9.53 Å². The highest BCUT2D eigenvalue weighted by atomic mass is 32.1. The van der Waals surface area contributed by atoms with E-state index in [2.05, 4.69) is 11.8 Å². The molecule has 0 unspecified atom stereocenters. The minimum absolute atomic E-state index is 0.440. The average Bonchev–Trinajstić information content (AvgIpc) is 2.68. The first-order valence-electron chi connectivity index (χ1n) is 4.54. The first-order valence-corrected chi connectivity index (χ1v) is 5.48. The van der Waals surface area contributed by atoms with Gasteiger partial charge in [0.15, 0.2) is 0 Å². The van der Waals surface area contributed by atoms with Gasteiger partial charge < -0.3 is 4.74 Å². The minimum atomic E-state index is -0.440. The lowest BCUT2D eigenvalue weighted by Crippen LogP contribution is -2.02. The number of rotatable bonds is 3. The molecule has 0 saturated carbocycles. The Labute approximate surface area is 87.9 Å². The van der Waals surface area contributed by atoms with Gasteiger partial charge in [0.25, 0.3) is 0 Å². The molecule has 2 nitrogen and oxygen atoms in total. The maximum Gasteiger partial charge on any atom is 0.384 e. The quantitative estimate of drug-likeness (QED) is 0.433. The summed E-state index contributed by atoms with van der Waals surface area (Å²) in [6.07, 6.45) is 1.91. The van der Waals surface area contributed by atoms with E-state index in [4.69, 9.17) is 4.74 Å². The number of hydrogen-bond acceptors (Lipinski definition) is 3. The van der Waals surface area contributed by atoms with Crippen molar-refractivity contribution < 1.29 is 9.53 Å². The number of hydrogen-bond donors (Lipinski definition) is 0. The van der Waals surface area contributed by atoms with Crippen LogP contribution in [0.25, 0.3) is 0 Å². The van der Waals surface area contributed by atoms with Crippen LogP contribution < -0.4 is 0 Å². The van der Waals surface area contributed by atoms with Crippen molar-refractivity contribution in [1.82, 2.24) is 0 Å². The summed E-state index contributed by atoms with van der Waals surface area (Å²) in [6.45, 7) is 2.51. The number of ether oxygens (including phenoxy) is 1. The molecule has 0 spiro atoms. The number of carbonyl (C=O) groups excluding carboxylic acids is 1. The van der Waals surface area contributed by atoms with E-state index in [0.717, 1.165) is 18.4 Å². The predicted octanol–water partition coefficient (Wildman–Crippen LogP) is 2.44. The molecule has 0 atom stereocenters. The molecule has 0 bridgehead atoms. The maximum absolute atomic E-state index is 11.0. The third-order valence-electron chi connectivity index (χ3n) is 1.56. The Morgan fingerprint density at radius 2 is 2.50 bits per heavy atom. The van der Waals surface area contributed by atoms with Crippen LogP contribution in [0.4, 0.5) is 0 Å². The SMILES string of the molecule is CCCCOC(=O)C#Cc1ccsc1. The van der Waals surface area contributed by atoms with Crippen LogP contribution in [0.15, 0.2) is 16.8 Å². The molecular formula is C11H12O2S. The van der Waals surface area contributed by atoms with E-state index in [1.54, 1.807) is 11.3 Å². The van der Waals surface area contributed by atoms with Crippen molar-refractivity contribution in [2.24, 2.45) is 0 Å². The molecule has 0 N–H and O–H groups in total. The molecule has 1 aromatic rings. The van der Waals surface area contributed by atoms with Crippen LogP contribution in [-0.4, -0.2) is 12.6 Å². The van der Waals surface area contributed by atoms with E-state index in [1.165, 1.54) is 0 Å². The van der Waals surface area contributed by atoms with Gasteiger partial charge in [0.05, 0.1) is 6.61 Å². The van der Waals surface area contributed by atoms with Gasteiger partial charge in [-0.15, -0.1) is 0 Å². The highest BCUT2D eigenvalue weighted by Crippen LogP contribution is 2.03. The zero-order valence-corrected chi connectivity index (χ0v) is 8.89. The van der Waals surface area contributed by atoms with Crippen LogP contribution in [0.2, 0.25) is 0 Å². The van der Waals surface area contributed by atoms with Crippen molar-refractivity contribution in [1.29, 1.82) is 0 Å². The van der Waals surface area contributed by atoms with Crippen LogP contribution in [0.5, 0.6) is 0 Å². The summed E-state index contributed by atoms with van der Waals surface area (Å²) < 4.78 is 4.87. The Balaban J connectivity index is 2.33. The van der Waals surface area contributed by atoms with Crippen molar-refractivity contribution >= 4 is 17.3 Å². The molecular weight excluding hydrogens is 196 g/mol. The lowest BCUT2D eigenvalue weighted by molar-refractivity contribution is -0.136. The van der Waals surface area contributed by atoms with Gasteiger partial charge in [0.1, 0.15) is 0 Å². The number of thiophene rings is 1. The molecule has 1 rings (SSSR count). The van der Waals surface area contributed by atoms with E-state index >= 15 is 0 Å². The van der Waals surface area contributed by atoms with Gasteiger partial charge >= 0.3 is 5.97 Å². The van der Waals surface area contributed by atoms with Gasteiger partial charge in [0, 0.05) is 16.9 Å². The van der Waals surface area contributed by atoms with E-state index in [9.17, 15) is 4.79 Å². The fraction of sp³-hybridized carbons (Fsp3) is 0.364. The zero-order chi connectivity index (χ0) is 10.2. The molecule has 0 aliphatic rings. The summed E-state index contributed by atoms with van der Waals surface area (Å²) in [5.41, 5.74) is 0.863. The van der Waals surface area contributed by atoms with E-state index in [0.29, 0.717) is 6.61 Å². The second-order valence-electron chi connectivity index (χ2n) is 2.75. The first kappa shape index (κ1) is 10.8. The highest BCUT2D eigenvalue weighted by Gasteiger charge is 1.95. The van der Waals surface area contributed by atoms with Gasteiger partial charge in [-0.25, -0.2) is 4.79 Å². The Hall–Kier alpha value is -1.27. The largest absolute Gasteiger partial charge is 0.456 e. The van der Waals surface area contributed by atoms with Crippen LogP contribution >= 0.6 is 11.3 Å². The molecule has 1 aromatic heterocycles. The Morgan fingerprint density at radius 1 is 1.64 bits per heavy atom. The van der Waals surface area contributed by atoms with E-state index in [-0.39, 0.29) is 0 Å². The standard InChI is InChI=1S/C11H12O2S/c1-2-3-7-13-11(12)5-4-10-6-8-14-9-10/h6,8-9H,2-3,7H2,1H3. The third-order valence-corrected chi connectivity index (χ3v) is 2.24. The normalized spacial score (nSPS) is 8.93. The number of carbonyl (C=O) groups is 1. The molecule has 0 amide bonds. The number of unbranched alkanes of at least 4 members (excludes halogenated alkanes) is 1. The second kappa shape index (κ2) is 6.22. The molecule has 1 heterocycles. The smallest absolute Gasteiger partial charge is 0.384 e. The third kappa shape index (κ3) is 4.11. The summed E-state index contributed by atoms with van der Waals surface area (Å²) in [5, 5.41) is 3.82. The second-order valence-corrected chi connectivity index (χ2v) is 3.53. The zero-order valence-electron chi connectivity index (χ0n) is 8.08. The van der Waals surface area contributed by atoms with Crippen molar-refractivity contribution in [2.75, 3.05) is 6.61 Å². The fourth-order valence-electron chi connectivity index (χ4n) is 0.804. The molecule has 0 saturated heterocycles. The molecule has 0 aromatic carbocycles. The maximum atomic E-state index is 11.0. The fourth-order valence-corrected chi connectivity index (χ4v) is 1.39. The lowest BCUT2D eigenvalue weighted by Gasteiger charge is -1.96. The molecule has 74 valence electrons. The molecule has 0 fully saturated rings. The van der Waals surface area contributed by atoms with Crippen molar-refractivity contribution in [3.63, 3.8) is 0 Å². The van der Waals surface area contributed by atoms with Crippen molar-refractivity contribution in [2.45, 2.75) is 19.8 Å². The summed E-state index contributed by atoms with van der Waals surface area (Å²) in [5.74, 6) is 4.74. The predicted molar refractivity (Wildman–Crippen MR) is 57.1 cm³/mol. The van der Waals surface area contributed by atoms with Gasteiger partial charge in [-0.05, 0) is 17.9 Å². The molecule has 0 aliphatic carbocycles. The van der Waals surface area contributed by atoms with E-state index < -0.39 is 5.97 Å². The van der Waals surface area contributed by atoms with Gasteiger partial charge in [-0.3, -0.25) is 0 Å². The highest BCUT2D eigenvalue weighted by molar-refractivity contribution is 7.08. The summed E-state index contributed by atoms with van der Waals surface area (Å²) in [4.78, 5) is 11.0. The monoisotopic (exact) mass is 208 g/mol. The van der Waals surface area contributed by atoms with E-state index in [1.807, 2.05) is 23.8 Å². The number of esters is 1. The molecule has 0 radical (unpaired) electrons. The Kier molecular flexibility index (Phi) is 4.81. The molecule has 3 heteroatoms. The van der Waals surface area contributed by atoms with Crippen LogP contribution in [0.3, 0.4) is 0 Å². The first-order chi connectivity index (χ1) is 6.83. The Morgan fingerprint density at radius 3 is 3.14 bits per heavy atom. The Bertz CT molecular complexity index is 330. The van der Waals surface area contributed by atoms with Crippen molar-refractivity contribution in [3.05, 3.63) is 22.4 Å². The van der Waals surface area contributed by atoms with Crippen LogP contribution in [0, 0.1) is 11.8 Å². The molecule has 14 heavy (non-hydrogen) atoms. The van der Waals surface area contributed by atoms with Gasteiger partial charge in [0.2, 0.25) is 0 Å². The lowest BCUT2D eigenvalue weighted by atomic mass is 10.3. The topological polar surface area (TPSA) is 26.3 Å². The van der Waals surface area contributed by atoms with Crippen molar-refractivity contribution in [3.8, 4) is 11.8 Å². The summed E-state index contributed by atoms with van der Waals surface area (Å²) in [6, 6.07) is 1.87. The minimum Gasteiger partial charge on any atom is -0.456 e. The summed E-state index contributed by atoms with van der Waals surface area (Å²) >= 11 is 1.56. The average molecular weight is 208 g/mol. The van der Waals surface area contributed by atoms with Gasteiger partial charge in [-0.2, -0.15) is 11.3 Å². The summed E-state index contributed by atoms with van der Waals surface area (Å²) in [7, 11) is 0. The van der Waals surface area contributed by atoms with Crippen LogP contribution in [0.1, 0.15) is 25.3 Å². The molecule has 0 aliphatic heterocycles. The van der Waals surface area contributed by atoms with Gasteiger partial charge in [-0.1, -0.05) is 19.3 Å².